The van der Waals surface area contributed by atoms with E-state index in [1.165, 1.54) is 37.7 Å². The molecule has 2 rings (SSSR count). The Kier molecular flexibility index (Phi) is 6.78. The molecule has 0 radical (unpaired) electrons. The van der Waals surface area contributed by atoms with Gasteiger partial charge in [-0.15, -0.1) is 0 Å². The quantitative estimate of drug-likeness (QED) is 0.382. The van der Waals surface area contributed by atoms with Crippen LogP contribution in [0.5, 0.6) is 0 Å². The number of benzene rings is 2. The van der Waals surface area contributed by atoms with E-state index in [-0.39, 0.29) is 5.78 Å². The van der Waals surface area contributed by atoms with Crippen LogP contribution in [-0.4, -0.2) is 5.78 Å². The van der Waals surface area contributed by atoms with E-state index < -0.39 is 0 Å². The zero-order chi connectivity index (χ0) is 17.4. The van der Waals surface area contributed by atoms with Gasteiger partial charge in [0, 0.05) is 11.1 Å². The minimum absolute atomic E-state index is 0.0981. The van der Waals surface area contributed by atoms with Gasteiger partial charge in [0.05, 0.1) is 0 Å². The highest BCUT2D eigenvalue weighted by atomic mass is 16.1. The second-order valence-corrected chi connectivity index (χ2v) is 7.54. The Morgan fingerprint density at radius 2 is 1.46 bits per heavy atom. The molecule has 0 heterocycles. The summed E-state index contributed by atoms with van der Waals surface area (Å²) in [6.45, 7) is 6.95. The Labute approximate surface area is 147 Å². The van der Waals surface area contributed by atoms with Crippen LogP contribution in [0.25, 0.3) is 0 Å². The fraction of sp³-hybridized carbons (Fsp3) is 0.435. The molecule has 0 spiro atoms. The number of hydrogen-bond acceptors (Lipinski definition) is 1. The lowest BCUT2D eigenvalue weighted by atomic mass is 9.81. The van der Waals surface area contributed by atoms with Crippen LogP contribution in [0.15, 0.2) is 54.6 Å². The number of ketones is 1. The average molecular weight is 322 g/mol. The molecule has 0 aliphatic heterocycles. The second kappa shape index (κ2) is 8.82. The van der Waals surface area contributed by atoms with E-state index >= 15 is 0 Å². The smallest absolute Gasteiger partial charge is 0.193 e. The molecule has 0 saturated heterocycles. The van der Waals surface area contributed by atoms with Crippen LogP contribution < -0.4 is 0 Å². The van der Waals surface area contributed by atoms with E-state index in [4.69, 9.17) is 0 Å². The molecular weight excluding hydrogens is 292 g/mol. The molecule has 24 heavy (non-hydrogen) atoms. The molecule has 0 atom stereocenters. The molecule has 128 valence electrons. The van der Waals surface area contributed by atoms with Crippen molar-refractivity contribution in [2.75, 3.05) is 0 Å². The third kappa shape index (κ3) is 5.63. The Morgan fingerprint density at radius 1 is 0.833 bits per heavy atom. The lowest BCUT2D eigenvalue weighted by Gasteiger charge is -2.25. The standard InChI is InChI=1S/C23H30O/c1-4-5-6-10-17-23(2,3)18-19-13-15-21(16-14-19)22(24)20-11-8-7-9-12-20/h7-9,11-16H,4-6,10,17-18H2,1-3H3. The van der Waals surface area contributed by atoms with Gasteiger partial charge in [-0.25, -0.2) is 0 Å². The highest BCUT2D eigenvalue weighted by Crippen LogP contribution is 2.29. The number of carbonyl (C=O) groups excluding carboxylic acids is 1. The molecule has 0 saturated carbocycles. The molecule has 2 aromatic rings. The van der Waals surface area contributed by atoms with Crippen LogP contribution in [0.2, 0.25) is 0 Å². The summed E-state index contributed by atoms with van der Waals surface area (Å²) < 4.78 is 0. The lowest BCUT2D eigenvalue weighted by Crippen LogP contribution is -2.15. The normalized spacial score (nSPS) is 11.5. The zero-order valence-corrected chi connectivity index (χ0v) is 15.3. The number of hydrogen-bond donors (Lipinski definition) is 0. The fourth-order valence-electron chi connectivity index (χ4n) is 3.20. The van der Waals surface area contributed by atoms with Crippen molar-refractivity contribution < 1.29 is 4.79 Å². The molecule has 0 aliphatic carbocycles. The molecule has 0 aromatic heterocycles. The van der Waals surface area contributed by atoms with E-state index in [1.807, 2.05) is 42.5 Å². The molecule has 0 bridgehead atoms. The van der Waals surface area contributed by atoms with Crippen LogP contribution in [-0.2, 0) is 6.42 Å². The maximum absolute atomic E-state index is 12.4. The van der Waals surface area contributed by atoms with E-state index in [2.05, 4.69) is 32.9 Å². The summed E-state index contributed by atoms with van der Waals surface area (Å²) in [5.74, 6) is 0.0981. The SMILES string of the molecule is CCCCCCC(C)(C)Cc1ccc(C(=O)c2ccccc2)cc1. The van der Waals surface area contributed by atoms with Crippen LogP contribution in [0, 0.1) is 5.41 Å². The van der Waals surface area contributed by atoms with Crippen molar-refractivity contribution in [3.63, 3.8) is 0 Å². The summed E-state index contributed by atoms with van der Waals surface area (Å²) in [6.07, 6.45) is 7.61. The first-order valence-corrected chi connectivity index (χ1v) is 9.20. The van der Waals surface area contributed by atoms with E-state index in [1.54, 1.807) is 0 Å². The summed E-state index contributed by atoms with van der Waals surface area (Å²) in [6, 6.07) is 17.7. The predicted molar refractivity (Wildman–Crippen MR) is 103 cm³/mol. The van der Waals surface area contributed by atoms with Gasteiger partial charge in [-0.3, -0.25) is 4.79 Å². The van der Waals surface area contributed by atoms with Crippen molar-refractivity contribution in [2.45, 2.75) is 59.3 Å². The fourth-order valence-corrected chi connectivity index (χ4v) is 3.20. The van der Waals surface area contributed by atoms with Gasteiger partial charge in [0.2, 0.25) is 0 Å². The van der Waals surface area contributed by atoms with Crippen molar-refractivity contribution >= 4 is 5.78 Å². The number of carbonyl (C=O) groups is 1. The van der Waals surface area contributed by atoms with E-state index in [0.717, 1.165) is 17.5 Å². The molecule has 0 N–H and O–H groups in total. The molecule has 0 aliphatic rings. The molecule has 0 fully saturated rings. The summed E-state index contributed by atoms with van der Waals surface area (Å²) in [5, 5.41) is 0. The molecule has 0 amide bonds. The summed E-state index contributed by atoms with van der Waals surface area (Å²) in [4.78, 5) is 12.4. The van der Waals surface area contributed by atoms with Gasteiger partial charge in [0.25, 0.3) is 0 Å². The van der Waals surface area contributed by atoms with Gasteiger partial charge in [0.1, 0.15) is 0 Å². The summed E-state index contributed by atoms with van der Waals surface area (Å²) in [5.41, 5.74) is 3.16. The van der Waals surface area contributed by atoms with Crippen LogP contribution >= 0.6 is 0 Å². The summed E-state index contributed by atoms with van der Waals surface area (Å²) in [7, 11) is 0. The van der Waals surface area contributed by atoms with Gasteiger partial charge < -0.3 is 0 Å². The first-order chi connectivity index (χ1) is 11.5. The topological polar surface area (TPSA) is 17.1 Å². The van der Waals surface area contributed by atoms with Crippen molar-refractivity contribution in [3.8, 4) is 0 Å². The van der Waals surface area contributed by atoms with Crippen molar-refractivity contribution in [2.24, 2.45) is 5.41 Å². The summed E-state index contributed by atoms with van der Waals surface area (Å²) >= 11 is 0. The minimum atomic E-state index is 0.0981. The highest BCUT2D eigenvalue weighted by molar-refractivity contribution is 6.08. The van der Waals surface area contributed by atoms with Crippen LogP contribution in [0.1, 0.15) is 74.4 Å². The first kappa shape index (κ1) is 18.4. The van der Waals surface area contributed by atoms with Crippen LogP contribution in [0.3, 0.4) is 0 Å². The van der Waals surface area contributed by atoms with Gasteiger partial charge in [-0.1, -0.05) is 101 Å². The van der Waals surface area contributed by atoms with Crippen molar-refractivity contribution in [1.82, 2.24) is 0 Å². The minimum Gasteiger partial charge on any atom is -0.289 e. The van der Waals surface area contributed by atoms with Crippen LogP contribution in [0.4, 0.5) is 0 Å². The molecule has 1 nitrogen and oxygen atoms in total. The number of rotatable bonds is 9. The Morgan fingerprint density at radius 3 is 2.08 bits per heavy atom. The highest BCUT2D eigenvalue weighted by Gasteiger charge is 2.18. The Balaban J connectivity index is 1.95. The second-order valence-electron chi connectivity index (χ2n) is 7.54. The zero-order valence-electron chi connectivity index (χ0n) is 15.3. The third-order valence-corrected chi connectivity index (χ3v) is 4.64. The maximum atomic E-state index is 12.4. The number of unbranched alkanes of at least 4 members (excludes halogenated alkanes) is 3. The third-order valence-electron chi connectivity index (χ3n) is 4.64. The van der Waals surface area contributed by atoms with Gasteiger partial charge >= 0.3 is 0 Å². The van der Waals surface area contributed by atoms with E-state index in [9.17, 15) is 4.79 Å². The monoisotopic (exact) mass is 322 g/mol. The molecular formula is C23H30O. The van der Waals surface area contributed by atoms with Gasteiger partial charge in [0.15, 0.2) is 5.78 Å². The maximum Gasteiger partial charge on any atom is 0.193 e. The van der Waals surface area contributed by atoms with Crippen molar-refractivity contribution in [1.29, 1.82) is 0 Å². The average Bonchev–Trinajstić information content (AvgIpc) is 2.59. The van der Waals surface area contributed by atoms with E-state index in [0.29, 0.717) is 5.41 Å². The largest absolute Gasteiger partial charge is 0.289 e. The lowest BCUT2D eigenvalue weighted by molar-refractivity contribution is 0.103. The van der Waals surface area contributed by atoms with Gasteiger partial charge in [-0.2, -0.15) is 0 Å². The molecule has 2 aromatic carbocycles. The Bertz CT molecular complexity index is 623. The van der Waals surface area contributed by atoms with Crippen molar-refractivity contribution in [3.05, 3.63) is 71.3 Å². The Hall–Kier alpha value is -1.89. The first-order valence-electron chi connectivity index (χ1n) is 9.20. The predicted octanol–water partition coefficient (Wildman–Crippen LogP) is 6.46. The molecule has 1 heteroatoms. The molecule has 0 unspecified atom stereocenters. The van der Waals surface area contributed by atoms with Gasteiger partial charge in [-0.05, 0) is 23.8 Å².